The summed E-state index contributed by atoms with van der Waals surface area (Å²) in [5, 5.41) is 0. The highest BCUT2D eigenvalue weighted by Gasteiger charge is 2.14. The van der Waals surface area contributed by atoms with Gasteiger partial charge < -0.3 is 4.74 Å². The predicted molar refractivity (Wildman–Crippen MR) is 76.3 cm³/mol. The van der Waals surface area contributed by atoms with Gasteiger partial charge in [0, 0.05) is 12.5 Å². The lowest BCUT2D eigenvalue weighted by atomic mass is 10.2. The Labute approximate surface area is 119 Å². The molecule has 2 rings (SSSR count). The third kappa shape index (κ3) is 3.18. The van der Waals surface area contributed by atoms with E-state index in [-0.39, 0.29) is 5.82 Å². The normalized spacial score (nSPS) is 10.8. The molecule has 0 aliphatic carbocycles. The summed E-state index contributed by atoms with van der Waals surface area (Å²) in [6, 6.07) is 4.63. The Morgan fingerprint density at radius 3 is 2.85 bits per heavy atom. The van der Waals surface area contributed by atoms with Gasteiger partial charge in [-0.3, -0.25) is 0 Å². The zero-order chi connectivity index (χ0) is 14.5. The summed E-state index contributed by atoms with van der Waals surface area (Å²) in [6.45, 7) is 5.91. The SMILES string of the molecule is CCCCn1cc[n+](Cc2cc(F)ccc2OC)c1C. The molecule has 2 aromatic rings. The van der Waals surface area contributed by atoms with Gasteiger partial charge in [0.05, 0.1) is 13.7 Å². The summed E-state index contributed by atoms with van der Waals surface area (Å²) in [6.07, 6.45) is 6.46. The van der Waals surface area contributed by atoms with Crippen LogP contribution in [0.1, 0.15) is 31.2 Å². The molecule has 1 aromatic carbocycles. The Hall–Kier alpha value is -1.84. The number of imidazole rings is 1. The molecule has 0 unspecified atom stereocenters. The van der Waals surface area contributed by atoms with Crippen LogP contribution < -0.4 is 9.30 Å². The van der Waals surface area contributed by atoms with Gasteiger partial charge in [0.25, 0.3) is 5.82 Å². The number of ether oxygens (including phenoxy) is 1. The fraction of sp³-hybridized carbons (Fsp3) is 0.438. The Balaban J connectivity index is 2.22. The van der Waals surface area contributed by atoms with Crippen LogP contribution in [0.15, 0.2) is 30.6 Å². The third-order valence-electron chi connectivity index (χ3n) is 3.59. The lowest BCUT2D eigenvalue weighted by molar-refractivity contribution is -0.694. The van der Waals surface area contributed by atoms with E-state index in [0.717, 1.165) is 17.9 Å². The first-order valence-corrected chi connectivity index (χ1v) is 7.03. The van der Waals surface area contributed by atoms with E-state index in [0.29, 0.717) is 6.54 Å². The van der Waals surface area contributed by atoms with E-state index in [2.05, 4.69) is 29.2 Å². The highest BCUT2D eigenvalue weighted by Crippen LogP contribution is 2.19. The van der Waals surface area contributed by atoms with E-state index in [4.69, 9.17) is 4.74 Å². The van der Waals surface area contributed by atoms with Crippen LogP contribution in [0, 0.1) is 12.7 Å². The summed E-state index contributed by atoms with van der Waals surface area (Å²) in [4.78, 5) is 0. The summed E-state index contributed by atoms with van der Waals surface area (Å²) >= 11 is 0. The molecule has 1 aromatic heterocycles. The minimum Gasteiger partial charge on any atom is -0.496 e. The number of aryl methyl sites for hydroxylation is 1. The molecule has 1 heterocycles. The lowest BCUT2D eigenvalue weighted by Crippen LogP contribution is -2.36. The van der Waals surface area contributed by atoms with Gasteiger partial charge >= 0.3 is 0 Å². The van der Waals surface area contributed by atoms with Gasteiger partial charge in [0.2, 0.25) is 0 Å². The van der Waals surface area contributed by atoms with Gasteiger partial charge in [-0.2, -0.15) is 0 Å². The molecule has 0 saturated carbocycles. The average Bonchev–Trinajstić information content (AvgIpc) is 2.78. The molecular weight excluding hydrogens is 255 g/mol. The summed E-state index contributed by atoms with van der Waals surface area (Å²) < 4.78 is 23.0. The van der Waals surface area contributed by atoms with Crippen molar-refractivity contribution < 1.29 is 13.7 Å². The van der Waals surface area contributed by atoms with Crippen LogP contribution in [-0.2, 0) is 13.1 Å². The monoisotopic (exact) mass is 277 g/mol. The Morgan fingerprint density at radius 1 is 1.35 bits per heavy atom. The van der Waals surface area contributed by atoms with Crippen LogP contribution in [0.3, 0.4) is 0 Å². The van der Waals surface area contributed by atoms with Crippen LogP contribution in [0.5, 0.6) is 5.75 Å². The number of benzene rings is 1. The predicted octanol–water partition coefficient (Wildman–Crippen LogP) is 3.08. The molecule has 0 N–H and O–H groups in total. The maximum Gasteiger partial charge on any atom is 0.253 e. The van der Waals surface area contributed by atoms with Crippen LogP contribution >= 0.6 is 0 Å². The zero-order valence-electron chi connectivity index (χ0n) is 12.4. The van der Waals surface area contributed by atoms with Gasteiger partial charge in [-0.25, -0.2) is 13.5 Å². The minimum absolute atomic E-state index is 0.232. The quantitative estimate of drug-likeness (QED) is 0.742. The number of hydrogen-bond acceptors (Lipinski definition) is 1. The minimum atomic E-state index is -0.232. The fourth-order valence-electron chi connectivity index (χ4n) is 2.33. The fourth-order valence-corrected chi connectivity index (χ4v) is 2.33. The van der Waals surface area contributed by atoms with E-state index >= 15 is 0 Å². The summed E-state index contributed by atoms with van der Waals surface area (Å²) in [5.41, 5.74) is 0.855. The molecule has 0 radical (unpaired) electrons. The number of halogens is 1. The number of unbranched alkanes of at least 4 members (excludes halogenated alkanes) is 1. The van der Waals surface area contributed by atoms with Gasteiger partial charge in [-0.05, 0) is 24.6 Å². The molecule has 20 heavy (non-hydrogen) atoms. The number of rotatable bonds is 6. The van der Waals surface area contributed by atoms with Crippen LogP contribution in [0.2, 0.25) is 0 Å². The van der Waals surface area contributed by atoms with E-state index in [1.54, 1.807) is 13.2 Å². The molecule has 0 spiro atoms. The number of methoxy groups -OCH3 is 1. The highest BCUT2D eigenvalue weighted by atomic mass is 19.1. The first-order chi connectivity index (χ1) is 9.65. The molecule has 108 valence electrons. The number of nitrogens with zero attached hydrogens (tertiary/aromatic N) is 2. The Morgan fingerprint density at radius 2 is 2.15 bits per heavy atom. The van der Waals surface area contributed by atoms with Crippen molar-refractivity contribution in [2.24, 2.45) is 0 Å². The van der Waals surface area contributed by atoms with Gasteiger partial charge in [0.1, 0.15) is 30.5 Å². The topological polar surface area (TPSA) is 18.0 Å². The Bertz CT molecular complexity index is 578. The van der Waals surface area contributed by atoms with Crippen molar-refractivity contribution in [1.29, 1.82) is 0 Å². The Kier molecular flexibility index (Phi) is 4.77. The van der Waals surface area contributed by atoms with E-state index < -0.39 is 0 Å². The molecule has 0 atom stereocenters. The van der Waals surface area contributed by atoms with Crippen molar-refractivity contribution in [3.05, 3.63) is 47.8 Å². The summed E-state index contributed by atoms with van der Waals surface area (Å²) in [5.74, 6) is 1.66. The maximum atomic E-state index is 13.4. The standard InChI is InChI=1S/C16H22FN2O/c1-4-5-8-18-9-10-19(13(18)2)12-14-11-15(17)6-7-16(14)20-3/h6-7,9-11H,4-5,8,12H2,1-3H3/q+1. The number of hydrogen-bond donors (Lipinski definition) is 0. The molecule has 4 heteroatoms. The highest BCUT2D eigenvalue weighted by molar-refractivity contribution is 5.33. The molecule has 0 amide bonds. The first-order valence-electron chi connectivity index (χ1n) is 7.03. The first kappa shape index (κ1) is 14.6. The molecule has 0 aliphatic heterocycles. The second kappa shape index (κ2) is 6.55. The van der Waals surface area contributed by atoms with E-state index in [9.17, 15) is 4.39 Å². The van der Waals surface area contributed by atoms with Crippen LogP contribution in [0.25, 0.3) is 0 Å². The van der Waals surface area contributed by atoms with Crippen molar-refractivity contribution in [2.45, 2.75) is 39.8 Å². The molecule has 0 aliphatic rings. The average molecular weight is 277 g/mol. The van der Waals surface area contributed by atoms with Gasteiger partial charge in [0.15, 0.2) is 0 Å². The van der Waals surface area contributed by atoms with Crippen molar-refractivity contribution >= 4 is 0 Å². The smallest absolute Gasteiger partial charge is 0.253 e. The van der Waals surface area contributed by atoms with Crippen molar-refractivity contribution in [2.75, 3.05) is 7.11 Å². The maximum absolute atomic E-state index is 13.4. The molecule has 0 fully saturated rings. The largest absolute Gasteiger partial charge is 0.496 e. The van der Waals surface area contributed by atoms with E-state index in [1.165, 1.54) is 30.8 Å². The van der Waals surface area contributed by atoms with Crippen molar-refractivity contribution in [1.82, 2.24) is 4.57 Å². The van der Waals surface area contributed by atoms with E-state index in [1.807, 2.05) is 6.20 Å². The molecular formula is C16H22FN2O+. The second-order valence-corrected chi connectivity index (χ2v) is 4.98. The number of aromatic nitrogens is 2. The third-order valence-corrected chi connectivity index (χ3v) is 3.59. The van der Waals surface area contributed by atoms with Gasteiger partial charge in [-0.1, -0.05) is 13.3 Å². The lowest BCUT2D eigenvalue weighted by Gasteiger charge is -2.07. The molecule has 0 bridgehead atoms. The van der Waals surface area contributed by atoms with Crippen molar-refractivity contribution in [3.8, 4) is 5.75 Å². The van der Waals surface area contributed by atoms with Crippen LogP contribution in [0.4, 0.5) is 4.39 Å². The summed E-state index contributed by atoms with van der Waals surface area (Å²) in [7, 11) is 1.61. The second-order valence-electron chi connectivity index (χ2n) is 4.98. The molecule has 3 nitrogen and oxygen atoms in total. The zero-order valence-corrected chi connectivity index (χ0v) is 12.4. The van der Waals surface area contributed by atoms with Crippen molar-refractivity contribution in [3.63, 3.8) is 0 Å². The molecule has 0 saturated heterocycles. The van der Waals surface area contributed by atoms with Gasteiger partial charge in [-0.15, -0.1) is 0 Å². The van der Waals surface area contributed by atoms with Crippen LogP contribution in [-0.4, -0.2) is 11.7 Å².